The van der Waals surface area contributed by atoms with Crippen molar-refractivity contribution >= 4 is 11.5 Å². The second-order valence-corrected chi connectivity index (χ2v) is 5.24. The lowest BCUT2D eigenvalue weighted by Gasteiger charge is -2.39. The molecule has 4 heteroatoms. The third-order valence-electron chi connectivity index (χ3n) is 3.57. The molecule has 2 atom stereocenters. The van der Waals surface area contributed by atoms with Crippen molar-refractivity contribution in [2.75, 3.05) is 17.7 Å². The number of anilines is 2. The van der Waals surface area contributed by atoms with Crippen LogP contribution >= 0.6 is 0 Å². The Kier molecular flexibility index (Phi) is 3.52. The molecule has 0 bridgehead atoms. The summed E-state index contributed by atoms with van der Waals surface area (Å²) in [7, 11) is 0. The topological polar surface area (TPSA) is 71.2 Å². The van der Waals surface area contributed by atoms with Crippen molar-refractivity contribution in [3.05, 3.63) is 18.3 Å². The van der Waals surface area contributed by atoms with Gasteiger partial charge in [0.25, 0.3) is 0 Å². The van der Waals surface area contributed by atoms with Crippen LogP contribution in [0.25, 0.3) is 0 Å². The molecule has 1 saturated carbocycles. The summed E-state index contributed by atoms with van der Waals surface area (Å²) < 4.78 is 0. The highest BCUT2D eigenvalue weighted by atomic mass is 16.3. The zero-order valence-electron chi connectivity index (χ0n) is 10.3. The van der Waals surface area contributed by atoms with Gasteiger partial charge in [0.1, 0.15) is 5.82 Å². The number of nitrogens with two attached hydrogens (primary N) is 1. The Hall–Kier alpha value is -1.29. The fourth-order valence-electron chi connectivity index (χ4n) is 2.74. The van der Waals surface area contributed by atoms with Crippen LogP contribution < -0.4 is 11.1 Å². The standard InChI is InChI=1S/C13H21N3O/c1-10-3-2-5-13(8-10,9-17)16-12-7-11(14)4-6-15-12/h4,6-7,10,17H,2-3,5,8-9H2,1H3,(H3,14,15,16). The van der Waals surface area contributed by atoms with E-state index in [9.17, 15) is 5.11 Å². The van der Waals surface area contributed by atoms with Crippen molar-refractivity contribution in [2.24, 2.45) is 5.92 Å². The van der Waals surface area contributed by atoms with Crippen molar-refractivity contribution in [1.82, 2.24) is 4.98 Å². The van der Waals surface area contributed by atoms with Crippen molar-refractivity contribution in [1.29, 1.82) is 0 Å². The first-order valence-corrected chi connectivity index (χ1v) is 6.24. The van der Waals surface area contributed by atoms with E-state index in [2.05, 4.69) is 17.2 Å². The Bertz CT molecular complexity index is 383. The largest absolute Gasteiger partial charge is 0.399 e. The second-order valence-electron chi connectivity index (χ2n) is 5.24. The van der Waals surface area contributed by atoms with Crippen molar-refractivity contribution in [3.63, 3.8) is 0 Å². The van der Waals surface area contributed by atoms with Crippen LogP contribution in [0.15, 0.2) is 18.3 Å². The van der Waals surface area contributed by atoms with Crippen LogP contribution in [-0.4, -0.2) is 22.2 Å². The maximum atomic E-state index is 9.67. The molecule has 0 radical (unpaired) electrons. The number of hydrogen-bond donors (Lipinski definition) is 3. The number of aliphatic hydroxyl groups excluding tert-OH is 1. The van der Waals surface area contributed by atoms with Crippen molar-refractivity contribution in [3.8, 4) is 0 Å². The average molecular weight is 235 g/mol. The molecule has 94 valence electrons. The SMILES string of the molecule is CC1CCCC(CO)(Nc2cc(N)ccn2)C1. The van der Waals surface area contributed by atoms with Crippen LogP contribution in [0.4, 0.5) is 11.5 Å². The quantitative estimate of drug-likeness (QED) is 0.749. The summed E-state index contributed by atoms with van der Waals surface area (Å²) in [4.78, 5) is 4.25. The maximum absolute atomic E-state index is 9.67. The third kappa shape index (κ3) is 2.88. The van der Waals surface area contributed by atoms with Crippen LogP contribution in [0, 0.1) is 5.92 Å². The molecule has 1 aromatic heterocycles. The highest BCUT2D eigenvalue weighted by Crippen LogP contribution is 2.34. The highest BCUT2D eigenvalue weighted by Gasteiger charge is 2.34. The van der Waals surface area contributed by atoms with Gasteiger partial charge in [-0.1, -0.05) is 19.8 Å². The minimum atomic E-state index is -0.224. The molecule has 0 aliphatic heterocycles. The summed E-state index contributed by atoms with van der Waals surface area (Å²) in [5, 5.41) is 13.0. The summed E-state index contributed by atoms with van der Waals surface area (Å²) in [6, 6.07) is 3.58. The molecule has 0 saturated heterocycles. The number of hydrogen-bond acceptors (Lipinski definition) is 4. The van der Waals surface area contributed by atoms with Gasteiger partial charge in [-0.25, -0.2) is 4.98 Å². The number of nitrogen functional groups attached to an aromatic ring is 1. The highest BCUT2D eigenvalue weighted by molar-refractivity contribution is 5.49. The molecule has 17 heavy (non-hydrogen) atoms. The smallest absolute Gasteiger partial charge is 0.128 e. The van der Waals surface area contributed by atoms with Crippen LogP contribution in [0.2, 0.25) is 0 Å². The molecule has 0 spiro atoms. The first-order valence-electron chi connectivity index (χ1n) is 6.24. The van der Waals surface area contributed by atoms with Crippen LogP contribution in [0.5, 0.6) is 0 Å². The van der Waals surface area contributed by atoms with E-state index >= 15 is 0 Å². The van der Waals surface area contributed by atoms with Crippen LogP contribution in [-0.2, 0) is 0 Å². The lowest BCUT2D eigenvalue weighted by molar-refractivity contribution is 0.149. The normalized spacial score (nSPS) is 28.9. The van der Waals surface area contributed by atoms with E-state index in [0.29, 0.717) is 11.6 Å². The molecule has 1 aliphatic carbocycles. The Morgan fingerprint density at radius 1 is 1.65 bits per heavy atom. The molecule has 0 amide bonds. The Balaban J connectivity index is 2.13. The van der Waals surface area contributed by atoms with Crippen LogP contribution in [0.1, 0.15) is 32.6 Å². The van der Waals surface area contributed by atoms with E-state index in [1.54, 1.807) is 12.3 Å². The fraction of sp³-hybridized carbons (Fsp3) is 0.615. The molecule has 2 unspecified atom stereocenters. The average Bonchev–Trinajstić information content (AvgIpc) is 2.29. The first kappa shape index (κ1) is 12.2. The second kappa shape index (κ2) is 4.92. The van der Waals surface area contributed by atoms with Crippen LogP contribution in [0.3, 0.4) is 0 Å². The molecule has 1 aliphatic rings. The van der Waals surface area contributed by atoms with E-state index < -0.39 is 0 Å². The number of nitrogens with zero attached hydrogens (tertiary/aromatic N) is 1. The minimum Gasteiger partial charge on any atom is -0.399 e. The van der Waals surface area contributed by atoms with E-state index in [4.69, 9.17) is 5.73 Å². The van der Waals surface area contributed by atoms with Gasteiger partial charge >= 0.3 is 0 Å². The third-order valence-corrected chi connectivity index (χ3v) is 3.57. The molecule has 4 N–H and O–H groups in total. The zero-order valence-corrected chi connectivity index (χ0v) is 10.3. The predicted molar refractivity (Wildman–Crippen MR) is 69.7 cm³/mol. The monoisotopic (exact) mass is 235 g/mol. The van der Waals surface area contributed by atoms with Gasteiger partial charge in [0.05, 0.1) is 12.1 Å². The molecule has 4 nitrogen and oxygen atoms in total. The summed E-state index contributed by atoms with van der Waals surface area (Å²) in [5.74, 6) is 1.40. The Morgan fingerprint density at radius 3 is 3.12 bits per heavy atom. The van der Waals surface area contributed by atoms with E-state index in [1.165, 1.54) is 6.42 Å². The summed E-state index contributed by atoms with van der Waals surface area (Å²) in [6.07, 6.45) is 6.06. The number of rotatable bonds is 3. The lowest BCUT2D eigenvalue weighted by atomic mass is 9.77. The number of aromatic nitrogens is 1. The minimum absolute atomic E-state index is 0.147. The molecular formula is C13H21N3O. The predicted octanol–water partition coefficient (Wildman–Crippen LogP) is 2.02. The number of nitrogens with one attached hydrogen (secondary N) is 1. The van der Waals surface area contributed by atoms with Gasteiger partial charge in [-0.3, -0.25) is 0 Å². The summed E-state index contributed by atoms with van der Waals surface area (Å²) >= 11 is 0. The number of aliphatic hydroxyl groups is 1. The fourth-order valence-corrected chi connectivity index (χ4v) is 2.74. The summed E-state index contributed by atoms with van der Waals surface area (Å²) in [5.41, 5.74) is 6.20. The molecule has 1 fully saturated rings. The first-order chi connectivity index (χ1) is 8.13. The maximum Gasteiger partial charge on any atom is 0.128 e. The molecule has 0 aromatic carbocycles. The number of pyridine rings is 1. The molecule has 1 aromatic rings. The van der Waals surface area contributed by atoms with Crippen molar-refractivity contribution in [2.45, 2.75) is 38.1 Å². The Morgan fingerprint density at radius 2 is 2.47 bits per heavy atom. The van der Waals surface area contributed by atoms with Gasteiger partial charge in [0, 0.05) is 18.0 Å². The van der Waals surface area contributed by atoms with Gasteiger partial charge in [-0.05, 0) is 24.8 Å². The molecule has 2 rings (SSSR count). The van der Waals surface area contributed by atoms with Crippen molar-refractivity contribution < 1.29 is 5.11 Å². The molecule has 1 heterocycles. The zero-order chi connectivity index (χ0) is 12.3. The summed E-state index contributed by atoms with van der Waals surface area (Å²) in [6.45, 7) is 2.38. The van der Waals surface area contributed by atoms with E-state index in [0.717, 1.165) is 25.1 Å². The van der Waals surface area contributed by atoms with Gasteiger partial charge < -0.3 is 16.2 Å². The van der Waals surface area contributed by atoms with Gasteiger partial charge in [0.15, 0.2) is 0 Å². The van der Waals surface area contributed by atoms with Gasteiger partial charge in [-0.15, -0.1) is 0 Å². The van der Waals surface area contributed by atoms with E-state index in [-0.39, 0.29) is 12.1 Å². The van der Waals surface area contributed by atoms with Gasteiger partial charge in [0.2, 0.25) is 0 Å². The Labute approximate surface area is 102 Å². The van der Waals surface area contributed by atoms with Gasteiger partial charge in [-0.2, -0.15) is 0 Å². The molecular weight excluding hydrogens is 214 g/mol. The van der Waals surface area contributed by atoms with E-state index in [1.807, 2.05) is 6.07 Å². The lowest BCUT2D eigenvalue weighted by Crippen LogP contribution is -2.46.